The molecule has 122 valence electrons. The van der Waals surface area contributed by atoms with Crippen LogP contribution in [0.5, 0.6) is 0 Å². The van der Waals surface area contributed by atoms with Crippen LogP contribution in [0.2, 0.25) is 0 Å². The number of nitrogens with zero attached hydrogens (tertiary/aromatic N) is 1. The Morgan fingerprint density at radius 3 is 2.19 bits per heavy atom. The summed E-state index contributed by atoms with van der Waals surface area (Å²) in [7, 11) is 0. The van der Waals surface area contributed by atoms with Gasteiger partial charge in [-0.15, -0.1) is 12.4 Å². The molecule has 0 amide bonds. The Labute approximate surface area is 132 Å². The fourth-order valence-corrected chi connectivity index (χ4v) is 1.17. The quantitative estimate of drug-likeness (QED) is 0.811. The standard InChI is InChI=1S/C9H14N2O2.C5H11NO.ClH/c1-4-13-9(12)8-10-5-7(11-8)6(2)3;1-4(2)5(7)3-6;/h5-6H,4H2,1-3H3,(H,10,11);4H,3,6H2,1-2H3;1H. The van der Waals surface area contributed by atoms with Gasteiger partial charge in [0.1, 0.15) is 5.78 Å². The first-order valence-electron chi connectivity index (χ1n) is 6.78. The molecular formula is C14H26ClN3O3. The molecule has 6 nitrogen and oxygen atoms in total. The fourth-order valence-electron chi connectivity index (χ4n) is 1.17. The molecule has 3 N–H and O–H groups in total. The summed E-state index contributed by atoms with van der Waals surface area (Å²) in [5.41, 5.74) is 5.97. The number of aromatic nitrogens is 2. The molecule has 7 heteroatoms. The Morgan fingerprint density at radius 2 is 1.90 bits per heavy atom. The number of rotatable bonds is 5. The monoisotopic (exact) mass is 319 g/mol. The minimum absolute atomic E-state index is 0. The van der Waals surface area contributed by atoms with Gasteiger partial charge in [-0.1, -0.05) is 27.7 Å². The highest BCUT2D eigenvalue weighted by Gasteiger charge is 2.11. The largest absolute Gasteiger partial charge is 0.460 e. The van der Waals surface area contributed by atoms with E-state index in [1.165, 1.54) is 0 Å². The molecule has 1 aromatic heterocycles. The van der Waals surface area contributed by atoms with E-state index < -0.39 is 5.97 Å². The lowest BCUT2D eigenvalue weighted by molar-refractivity contribution is -0.120. The van der Waals surface area contributed by atoms with E-state index in [1.807, 2.05) is 27.7 Å². The van der Waals surface area contributed by atoms with E-state index in [4.69, 9.17) is 10.5 Å². The molecule has 0 aromatic carbocycles. The first kappa shape index (κ1) is 21.9. The zero-order valence-electron chi connectivity index (χ0n) is 13.3. The zero-order chi connectivity index (χ0) is 15.7. The lowest BCUT2D eigenvalue weighted by atomic mass is 10.1. The predicted octanol–water partition coefficient (Wildman–Crippen LogP) is 2.30. The number of ketones is 1. The minimum Gasteiger partial charge on any atom is -0.460 e. The van der Waals surface area contributed by atoms with Crippen LogP contribution in [0.1, 0.15) is 56.8 Å². The molecule has 0 aliphatic carbocycles. The van der Waals surface area contributed by atoms with Crippen LogP contribution in [0.3, 0.4) is 0 Å². The van der Waals surface area contributed by atoms with E-state index in [2.05, 4.69) is 9.97 Å². The third kappa shape index (κ3) is 8.47. The highest BCUT2D eigenvalue weighted by atomic mass is 35.5. The Morgan fingerprint density at radius 1 is 1.33 bits per heavy atom. The van der Waals surface area contributed by atoms with Crippen molar-refractivity contribution in [2.24, 2.45) is 11.7 Å². The molecule has 0 aliphatic heterocycles. The molecule has 0 atom stereocenters. The number of halogens is 1. The number of hydrogen-bond acceptors (Lipinski definition) is 5. The van der Waals surface area contributed by atoms with E-state index in [9.17, 15) is 9.59 Å². The maximum atomic E-state index is 11.2. The molecule has 0 fully saturated rings. The second-order valence-electron chi connectivity index (χ2n) is 4.89. The normalized spacial score (nSPS) is 9.71. The minimum atomic E-state index is -0.394. The Hall–Kier alpha value is -1.40. The predicted molar refractivity (Wildman–Crippen MR) is 84.8 cm³/mol. The number of nitrogens with two attached hydrogens (primary N) is 1. The molecule has 21 heavy (non-hydrogen) atoms. The van der Waals surface area contributed by atoms with Crippen molar-refractivity contribution < 1.29 is 14.3 Å². The molecule has 1 heterocycles. The SMILES string of the molecule is CC(C)C(=O)CN.CCOC(=O)c1ncc(C(C)C)[nH]1.Cl. The van der Waals surface area contributed by atoms with Gasteiger partial charge in [-0.3, -0.25) is 4.79 Å². The molecule has 0 unspecified atom stereocenters. The van der Waals surface area contributed by atoms with Crippen molar-refractivity contribution in [2.75, 3.05) is 13.2 Å². The molecule has 0 saturated carbocycles. The number of imidazole rings is 1. The van der Waals surface area contributed by atoms with E-state index in [1.54, 1.807) is 13.1 Å². The number of nitrogens with one attached hydrogen (secondary N) is 1. The van der Waals surface area contributed by atoms with E-state index in [0.29, 0.717) is 12.5 Å². The first-order valence-corrected chi connectivity index (χ1v) is 6.78. The smallest absolute Gasteiger partial charge is 0.374 e. The molecule has 1 aromatic rings. The van der Waals surface area contributed by atoms with Crippen molar-refractivity contribution in [1.29, 1.82) is 0 Å². The van der Waals surface area contributed by atoms with Crippen LogP contribution in [0.4, 0.5) is 0 Å². The maximum absolute atomic E-state index is 11.2. The molecule has 0 spiro atoms. The van der Waals surface area contributed by atoms with E-state index in [0.717, 1.165) is 5.69 Å². The van der Waals surface area contributed by atoms with Crippen molar-refractivity contribution >= 4 is 24.2 Å². The lowest BCUT2D eigenvalue weighted by Gasteiger charge is -1.99. The van der Waals surface area contributed by atoms with Gasteiger partial charge in [0, 0.05) is 17.8 Å². The van der Waals surface area contributed by atoms with Crippen LogP contribution in [0.25, 0.3) is 0 Å². The van der Waals surface area contributed by atoms with Crippen molar-refractivity contribution in [3.05, 3.63) is 17.7 Å². The summed E-state index contributed by atoms with van der Waals surface area (Å²) in [6.45, 7) is 10.1. The highest BCUT2D eigenvalue weighted by molar-refractivity contribution is 5.85. The molecule has 0 aliphatic rings. The Kier molecular flexibility index (Phi) is 11.8. The number of Topliss-reactive ketones (excluding diaryl/α,β-unsaturated/α-hetero) is 1. The molecule has 0 radical (unpaired) electrons. The number of aromatic amines is 1. The summed E-state index contributed by atoms with van der Waals surface area (Å²) >= 11 is 0. The number of ether oxygens (including phenoxy) is 1. The maximum Gasteiger partial charge on any atom is 0.374 e. The van der Waals surface area contributed by atoms with Gasteiger partial charge in [-0.05, 0) is 12.8 Å². The highest BCUT2D eigenvalue weighted by Crippen LogP contribution is 2.10. The van der Waals surface area contributed by atoms with Crippen molar-refractivity contribution in [3.8, 4) is 0 Å². The lowest BCUT2D eigenvalue weighted by Crippen LogP contribution is -2.18. The third-order valence-electron chi connectivity index (χ3n) is 2.53. The molecular weight excluding hydrogens is 294 g/mol. The second kappa shape index (κ2) is 11.3. The topological polar surface area (TPSA) is 98.1 Å². The van der Waals surface area contributed by atoms with Gasteiger partial charge in [-0.25, -0.2) is 9.78 Å². The average Bonchev–Trinajstić information content (AvgIpc) is 2.88. The number of esters is 1. The Bertz CT molecular complexity index is 431. The van der Waals surface area contributed by atoms with E-state index in [-0.39, 0.29) is 36.5 Å². The number of carbonyl (C=O) groups is 2. The van der Waals surface area contributed by atoms with Gasteiger partial charge < -0.3 is 15.5 Å². The third-order valence-corrected chi connectivity index (χ3v) is 2.53. The summed E-state index contributed by atoms with van der Waals surface area (Å²) in [5.74, 6) is 0.459. The summed E-state index contributed by atoms with van der Waals surface area (Å²) in [4.78, 5) is 28.4. The second-order valence-corrected chi connectivity index (χ2v) is 4.89. The van der Waals surface area contributed by atoms with Gasteiger partial charge in [0.05, 0.1) is 13.2 Å². The summed E-state index contributed by atoms with van der Waals surface area (Å²) in [6, 6.07) is 0. The zero-order valence-corrected chi connectivity index (χ0v) is 14.1. The number of carbonyl (C=O) groups excluding carboxylic acids is 2. The molecule has 1 rings (SSSR count). The van der Waals surface area contributed by atoms with Gasteiger partial charge in [0.15, 0.2) is 0 Å². The number of hydrogen-bond donors (Lipinski definition) is 2. The summed E-state index contributed by atoms with van der Waals surface area (Å²) < 4.78 is 4.79. The Balaban J connectivity index is 0. The van der Waals surface area contributed by atoms with Crippen LogP contribution in [0.15, 0.2) is 6.20 Å². The first-order chi connectivity index (χ1) is 9.33. The van der Waals surface area contributed by atoms with Crippen molar-refractivity contribution in [2.45, 2.75) is 40.5 Å². The van der Waals surface area contributed by atoms with Crippen molar-refractivity contribution in [3.63, 3.8) is 0 Å². The van der Waals surface area contributed by atoms with Crippen LogP contribution in [-0.2, 0) is 9.53 Å². The summed E-state index contributed by atoms with van der Waals surface area (Å²) in [5, 5.41) is 0. The number of H-pyrrole nitrogens is 1. The van der Waals surface area contributed by atoms with Gasteiger partial charge in [-0.2, -0.15) is 0 Å². The summed E-state index contributed by atoms with van der Waals surface area (Å²) in [6.07, 6.45) is 1.66. The van der Waals surface area contributed by atoms with Gasteiger partial charge in [0.2, 0.25) is 5.82 Å². The average molecular weight is 320 g/mol. The van der Waals surface area contributed by atoms with Crippen LogP contribution >= 0.6 is 12.4 Å². The molecule has 0 saturated heterocycles. The van der Waals surface area contributed by atoms with Crippen LogP contribution in [0, 0.1) is 5.92 Å². The fraction of sp³-hybridized carbons (Fsp3) is 0.643. The van der Waals surface area contributed by atoms with Crippen LogP contribution < -0.4 is 5.73 Å². The van der Waals surface area contributed by atoms with Crippen molar-refractivity contribution in [1.82, 2.24) is 9.97 Å². The van der Waals surface area contributed by atoms with Gasteiger partial charge >= 0.3 is 5.97 Å². The molecule has 0 bridgehead atoms. The van der Waals surface area contributed by atoms with E-state index >= 15 is 0 Å². The van der Waals surface area contributed by atoms with Crippen LogP contribution in [-0.4, -0.2) is 34.9 Å². The van der Waals surface area contributed by atoms with Gasteiger partial charge in [0.25, 0.3) is 0 Å².